The number of esters is 2. The summed E-state index contributed by atoms with van der Waals surface area (Å²) < 4.78 is 10.2. The van der Waals surface area contributed by atoms with E-state index in [1.54, 1.807) is 25.7 Å². The fourth-order valence-electron chi connectivity index (χ4n) is 2.54. The second-order valence-electron chi connectivity index (χ2n) is 6.50. The van der Waals surface area contributed by atoms with Crippen LogP contribution in [-0.2, 0) is 23.9 Å². The predicted molar refractivity (Wildman–Crippen MR) is 73.3 cm³/mol. The Morgan fingerprint density at radius 3 is 2.43 bits per heavy atom. The Bertz CT molecular complexity index is 464. The van der Waals surface area contributed by atoms with E-state index < -0.39 is 23.2 Å². The SMILES string of the molecule is COC(=O)C1CNC(=O)CN1C1(C(=O)OC(C)(C)C)CC1. The molecule has 2 aliphatic rings. The van der Waals surface area contributed by atoms with E-state index >= 15 is 0 Å². The van der Waals surface area contributed by atoms with Gasteiger partial charge >= 0.3 is 11.9 Å². The van der Waals surface area contributed by atoms with E-state index in [9.17, 15) is 14.4 Å². The van der Waals surface area contributed by atoms with Gasteiger partial charge in [0.15, 0.2) is 0 Å². The van der Waals surface area contributed by atoms with Crippen LogP contribution in [0.3, 0.4) is 0 Å². The molecule has 1 N–H and O–H groups in total. The fourth-order valence-corrected chi connectivity index (χ4v) is 2.54. The summed E-state index contributed by atoms with van der Waals surface area (Å²) in [4.78, 5) is 37.6. The minimum Gasteiger partial charge on any atom is -0.468 e. The maximum absolute atomic E-state index is 12.5. The number of carbonyl (C=O) groups is 3. The number of piperazine rings is 1. The molecule has 7 nitrogen and oxygen atoms in total. The maximum atomic E-state index is 12.5. The number of hydrogen-bond donors (Lipinski definition) is 1. The molecule has 2 fully saturated rings. The second-order valence-corrected chi connectivity index (χ2v) is 6.50. The molecule has 2 rings (SSSR count). The van der Waals surface area contributed by atoms with Gasteiger partial charge in [-0.2, -0.15) is 0 Å². The highest BCUT2D eigenvalue weighted by atomic mass is 16.6. The molecular formula is C14H22N2O5. The molecule has 7 heteroatoms. The number of hydrogen-bond acceptors (Lipinski definition) is 6. The van der Waals surface area contributed by atoms with Crippen molar-refractivity contribution >= 4 is 17.8 Å². The monoisotopic (exact) mass is 298 g/mol. The molecule has 21 heavy (non-hydrogen) atoms. The van der Waals surface area contributed by atoms with Crippen LogP contribution in [0.15, 0.2) is 0 Å². The van der Waals surface area contributed by atoms with Crippen LogP contribution in [0.25, 0.3) is 0 Å². The zero-order valence-electron chi connectivity index (χ0n) is 12.9. The standard InChI is InChI=1S/C14H22N2O5/c1-13(2,3)21-12(19)14(5-6-14)16-8-10(17)15-7-9(16)11(18)20-4/h9H,5-8H2,1-4H3,(H,15,17). The van der Waals surface area contributed by atoms with Gasteiger partial charge in [-0.25, -0.2) is 0 Å². The van der Waals surface area contributed by atoms with E-state index in [4.69, 9.17) is 9.47 Å². The molecule has 0 aromatic carbocycles. The van der Waals surface area contributed by atoms with Crippen LogP contribution < -0.4 is 5.32 Å². The van der Waals surface area contributed by atoms with E-state index in [-0.39, 0.29) is 25.0 Å². The molecule has 1 heterocycles. The molecule has 1 aliphatic heterocycles. The molecule has 0 aromatic heterocycles. The summed E-state index contributed by atoms with van der Waals surface area (Å²) in [6.07, 6.45) is 1.17. The van der Waals surface area contributed by atoms with Crippen LogP contribution >= 0.6 is 0 Å². The van der Waals surface area contributed by atoms with Crippen molar-refractivity contribution in [2.75, 3.05) is 20.2 Å². The molecule has 0 aromatic rings. The molecular weight excluding hydrogens is 276 g/mol. The lowest BCUT2D eigenvalue weighted by molar-refractivity contribution is -0.168. The van der Waals surface area contributed by atoms with E-state index in [1.165, 1.54) is 7.11 Å². The van der Waals surface area contributed by atoms with Crippen LogP contribution in [0, 0.1) is 0 Å². The highest BCUT2D eigenvalue weighted by Crippen LogP contribution is 2.45. The van der Waals surface area contributed by atoms with Crippen LogP contribution in [0.4, 0.5) is 0 Å². The van der Waals surface area contributed by atoms with Crippen LogP contribution in [0.5, 0.6) is 0 Å². The third-order valence-electron chi connectivity index (χ3n) is 3.71. The highest BCUT2D eigenvalue weighted by Gasteiger charge is 2.60. The van der Waals surface area contributed by atoms with Crippen molar-refractivity contribution in [3.8, 4) is 0 Å². The first-order chi connectivity index (χ1) is 9.69. The number of nitrogens with one attached hydrogen (secondary N) is 1. The van der Waals surface area contributed by atoms with Gasteiger partial charge < -0.3 is 14.8 Å². The van der Waals surface area contributed by atoms with Gasteiger partial charge in [-0.15, -0.1) is 0 Å². The molecule has 1 saturated carbocycles. The predicted octanol–water partition coefficient (Wildman–Crippen LogP) is -0.166. The quantitative estimate of drug-likeness (QED) is 0.728. The number of nitrogens with zero attached hydrogens (tertiary/aromatic N) is 1. The van der Waals surface area contributed by atoms with Gasteiger partial charge in [0.25, 0.3) is 0 Å². The van der Waals surface area contributed by atoms with Crippen molar-refractivity contribution in [3.05, 3.63) is 0 Å². The Morgan fingerprint density at radius 2 is 1.95 bits per heavy atom. The first-order valence-electron chi connectivity index (χ1n) is 7.04. The summed E-state index contributed by atoms with van der Waals surface area (Å²) in [6.45, 7) is 5.53. The van der Waals surface area contributed by atoms with Crippen LogP contribution in [0.2, 0.25) is 0 Å². The van der Waals surface area contributed by atoms with Gasteiger partial charge in [-0.1, -0.05) is 0 Å². The average Bonchev–Trinajstić information content (AvgIpc) is 3.17. The third kappa shape index (κ3) is 3.18. The van der Waals surface area contributed by atoms with Crippen LogP contribution in [-0.4, -0.2) is 60.1 Å². The molecule has 118 valence electrons. The summed E-state index contributed by atoms with van der Waals surface area (Å²) in [7, 11) is 1.30. The van der Waals surface area contributed by atoms with Crippen molar-refractivity contribution in [2.24, 2.45) is 0 Å². The fraction of sp³-hybridized carbons (Fsp3) is 0.786. The van der Waals surface area contributed by atoms with E-state index in [0.29, 0.717) is 12.8 Å². The number of rotatable bonds is 3. The lowest BCUT2D eigenvalue weighted by atomic mass is 10.1. The Kier molecular flexibility index (Phi) is 3.97. The summed E-state index contributed by atoms with van der Waals surface area (Å²) in [5, 5.41) is 2.63. The molecule has 0 spiro atoms. The Morgan fingerprint density at radius 1 is 1.33 bits per heavy atom. The number of methoxy groups -OCH3 is 1. The van der Waals surface area contributed by atoms with Crippen LogP contribution in [0.1, 0.15) is 33.6 Å². The molecule has 0 radical (unpaired) electrons. The van der Waals surface area contributed by atoms with Gasteiger partial charge in [-0.05, 0) is 33.6 Å². The van der Waals surface area contributed by atoms with Crippen molar-refractivity contribution in [3.63, 3.8) is 0 Å². The van der Waals surface area contributed by atoms with Crippen molar-refractivity contribution in [2.45, 2.75) is 50.8 Å². The Balaban J connectivity index is 2.21. The summed E-state index contributed by atoms with van der Waals surface area (Å²) >= 11 is 0. The van der Waals surface area contributed by atoms with Gasteiger partial charge in [0, 0.05) is 6.54 Å². The van der Waals surface area contributed by atoms with E-state index in [0.717, 1.165) is 0 Å². The number of carbonyl (C=O) groups excluding carboxylic acids is 3. The van der Waals surface area contributed by atoms with E-state index in [2.05, 4.69) is 5.32 Å². The van der Waals surface area contributed by atoms with E-state index in [1.807, 2.05) is 0 Å². The normalized spacial score (nSPS) is 25.0. The maximum Gasteiger partial charge on any atom is 0.327 e. The van der Waals surface area contributed by atoms with Crippen molar-refractivity contribution in [1.29, 1.82) is 0 Å². The molecule has 0 bridgehead atoms. The minimum absolute atomic E-state index is 0.000983. The average molecular weight is 298 g/mol. The molecule has 1 unspecified atom stereocenters. The smallest absolute Gasteiger partial charge is 0.327 e. The zero-order valence-corrected chi connectivity index (χ0v) is 12.9. The van der Waals surface area contributed by atoms with Crippen molar-refractivity contribution in [1.82, 2.24) is 10.2 Å². The Hall–Kier alpha value is -1.63. The van der Waals surface area contributed by atoms with Crippen molar-refractivity contribution < 1.29 is 23.9 Å². The van der Waals surface area contributed by atoms with Gasteiger partial charge in [0.05, 0.1) is 13.7 Å². The van der Waals surface area contributed by atoms with Gasteiger partial charge in [0.1, 0.15) is 17.2 Å². The molecule has 1 atom stereocenters. The third-order valence-corrected chi connectivity index (χ3v) is 3.71. The first kappa shape index (κ1) is 15.8. The molecule has 1 aliphatic carbocycles. The lowest BCUT2D eigenvalue weighted by Crippen LogP contribution is -2.64. The highest BCUT2D eigenvalue weighted by molar-refractivity contribution is 5.90. The summed E-state index contributed by atoms with van der Waals surface area (Å²) in [5.41, 5.74) is -1.48. The summed E-state index contributed by atoms with van der Waals surface area (Å²) in [5.74, 6) is -1.03. The second kappa shape index (κ2) is 5.29. The largest absolute Gasteiger partial charge is 0.468 e. The molecule has 1 saturated heterocycles. The summed E-state index contributed by atoms with van der Waals surface area (Å²) in [6, 6.07) is -0.650. The lowest BCUT2D eigenvalue weighted by Gasteiger charge is -2.39. The Labute approximate surface area is 123 Å². The number of amides is 1. The first-order valence-corrected chi connectivity index (χ1v) is 7.04. The number of ether oxygens (including phenoxy) is 2. The van der Waals surface area contributed by atoms with Gasteiger partial charge in [0.2, 0.25) is 5.91 Å². The minimum atomic E-state index is -0.871. The molecule has 1 amide bonds. The topological polar surface area (TPSA) is 84.9 Å². The zero-order chi connectivity index (χ0) is 15.8. The van der Waals surface area contributed by atoms with Gasteiger partial charge in [-0.3, -0.25) is 19.3 Å².